The molecule has 256 valence electrons. The van der Waals surface area contributed by atoms with E-state index in [1.807, 2.05) is 70.3 Å². The predicted octanol–water partition coefficient (Wildman–Crippen LogP) is 4.62. The van der Waals surface area contributed by atoms with Gasteiger partial charge in [-0.3, -0.25) is 4.79 Å². The van der Waals surface area contributed by atoms with Crippen LogP contribution in [-0.2, 0) is 27.8 Å². The topological polar surface area (TPSA) is 143 Å². The molecule has 3 N–H and O–H groups in total. The van der Waals surface area contributed by atoms with E-state index in [0.29, 0.717) is 24.1 Å². The van der Waals surface area contributed by atoms with E-state index >= 15 is 0 Å². The summed E-state index contributed by atoms with van der Waals surface area (Å²) in [5, 5.41) is 28.0. The van der Waals surface area contributed by atoms with Crippen molar-refractivity contribution < 1.29 is 28.2 Å². The van der Waals surface area contributed by atoms with Crippen molar-refractivity contribution in [2.75, 3.05) is 26.2 Å². The molecule has 0 saturated carbocycles. The number of aromatic hydroxyl groups is 1. The molecule has 1 aliphatic heterocycles. The van der Waals surface area contributed by atoms with Crippen LogP contribution in [0.5, 0.6) is 5.75 Å². The van der Waals surface area contributed by atoms with E-state index in [1.165, 1.54) is 29.5 Å². The third-order valence-electron chi connectivity index (χ3n) is 7.97. The fourth-order valence-electron chi connectivity index (χ4n) is 5.75. The second kappa shape index (κ2) is 15.9. The van der Waals surface area contributed by atoms with Crippen LogP contribution in [0.1, 0.15) is 44.0 Å². The highest BCUT2D eigenvalue weighted by atomic mass is 79.9. The van der Waals surface area contributed by atoms with Crippen molar-refractivity contribution in [2.45, 2.75) is 70.7 Å². The number of thiazole rings is 1. The van der Waals surface area contributed by atoms with Crippen molar-refractivity contribution in [2.24, 2.45) is 11.8 Å². The van der Waals surface area contributed by atoms with Crippen molar-refractivity contribution in [3.05, 3.63) is 74.6 Å². The van der Waals surface area contributed by atoms with E-state index in [-0.39, 0.29) is 42.3 Å². The number of aliphatic hydroxyl groups excluding tert-OH is 1. The summed E-state index contributed by atoms with van der Waals surface area (Å²) in [5.41, 5.74) is 1.64. The van der Waals surface area contributed by atoms with Gasteiger partial charge in [0.1, 0.15) is 16.7 Å². The van der Waals surface area contributed by atoms with Gasteiger partial charge >= 0.3 is 6.03 Å². The molecule has 1 aliphatic rings. The Morgan fingerprint density at radius 1 is 1.11 bits per heavy atom. The summed E-state index contributed by atoms with van der Waals surface area (Å²) >= 11 is 4.80. The number of hydrogen-bond acceptors (Lipinski definition) is 8. The number of aryl methyl sites for hydroxylation is 1. The van der Waals surface area contributed by atoms with E-state index in [2.05, 4.69) is 26.2 Å². The number of urea groups is 1. The minimum absolute atomic E-state index is 0.0720. The van der Waals surface area contributed by atoms with Crippen molar-refractivity contribution in [1.29, 1.82) is 0 Å². The molecular weight excluding hydrogens is 706 g/mol. The predicted molar refractivity (Wildman–Crippen MR) is 185 cm³/mol. The zero-order chi connectivity index (χ0) is 34.5. The molecule has 1 saturated heterocycles. The maximum absolute atomic E-state index is 14.0. The van der Waals surface area contributed by atoms with Crippen LogP contribution in [0, 0.1) is 18.8 Å². The lowest BCUT2D eigenvalue weighted by molar-refractivity contribution is -0.128. The number of aliphatic hydroxyl groups is 1. The van der Waals surface area contributed by atoms with Crippen LogP contribution in [0.15, 0.2) is 63.3 Å². The fraction of sp³-hybridized carbons (Fsp3) is 0.485. The Hall–Kier alpha value is -3.04. The van der Waals surface area contributed by atoms with Gasteiger partial charge in [-0.2, -0.15) is 4.31 Å². The number of benzene rings is 2. The highest BCUT2D eigenvalue weighted by molar-refractivity contribution is 9.10. The normalized spacial score (nSPS) is 15.9. The van der Waals surface area contributed by atoms with E-state index in [0.717, 1.165) is 20.6 Å². The minimum Gasteiger partial charge on any atom is -0.507 e. The van der Waals surface area contributed by atoms with Crippen LogP contribution in [0.25, 0.3) is 0 Å². The smallest absolute Gasteiger partial charge is 0.321 e. The van der Waals surface area contributed by atoms with Gasteiger partial charge in [0.2, 0.25) is 15.9 Å². The number of rotatable bonds is 15. The molecule has 0 radical (unpaired) electrons. The quantitative estimate of drug-likeness (QED) is 0.206. The molecule has 1 aromatic heterocycles. The SMILES string of the molecule is Cc1nc(CN2CCN([C@H](C(=O)N[C@@H](Cc3ccccc3)[C@H](O)CN(CC(C)C)S(=O)(=O)c3cc(Br)ccc3O)C(C)C)C2=O)cs1. The molecular formula is C33H44BrN5O6S2. The number of nitrogens with zero attached hydrogens (tertiary/aromatic N) is 4. The third kappa shape index (κ3) is 9.32. The molecule has 4 rings (SSSR count). The molecule has 0 aliphatic carbocycles. The fourth-order valence-corrected chi connectivity index (χ4v) is 8.60. The molecule has 14 heteroatoms. The Morgan fingerprint density at radius 3 is 2.43 bits per heavy atom. The van der Waals surface area contributed by atoms with Crippen molar-refractivity contribution in [3.63, 3.8) is 0 Å². The second-order valence-electron chi connectivity index (χ2n) is 12.6. The molecule has 47 heavy (non-hydrogen) atoms. The number of phenolic OH excluding ortho intramolecular Hbond substituents is 1. The number of halogens is 1. The number of carbonyl (C=O) groups excluding carboxylic acids is 2. The summed E-state index contributed by atoms with van der Waals surface area (Å²) < 4.78 is 29.3. The molecule has 3 aromatic rings. The van der Waals surface area contributed by atoms with Gasteiger partial charge in [-0.25, -0.2) is 18.2 Å². The Kier molecular flexibility index (Phi) is 12.5. The molecule has 0 unspecified atom stereocenters. The van der Waals surface area contributed by atoms with Gasteiger partial charge in [0, 0.05) is 36.0 Å². The van der Waals surface area contributed by atoms with Gasteiger partial charge in [0.05, 0.1) is 29.4 Å². The number of carbonyl (C=O) groups is 2. The molecule has 1 fully saturated rings. The zero-order valence-corrected chi connectivity index (χ0v) is 30.6. The lowest BCUT2D eigenvalue weighted by Gasteiger charge is -2.34. The van der Waals surface area contributed by atoms with Gasteiger partial charge in [-0.15, -0.1) is 11.3 Å². The monoisotopic (exact) mass is 749 g/mol. The van der Waals surface area contributed by atoms with Crippen LogP contribution in [0.4, 0.5) is 4.79 Å². The second-order valence-corrected chi connectivity index (χ2v) is 16.5. The van der Waals surface area contributed by atoms with E-state index in [1.54, 1.807) is 9.80 Å². The largest absolute Gasteiger partial charge is 0.507 e. The third-order valence-corrected chi connectivity index (χ3v) is 11.1. The Morgan fingerprint density at radius 2 is 1.81 bits per heavy atom. The standard InChI is InChI=1S/C33H44BrN5O6S2/c1-21(2)17-38(47(44,45)30-16-25(34)11-12-28(30)40)19-29(41)27(15-24-9-7-6-8-10-24)36-32(42)31(22(3)4)39-14-13-37(33(39)43)18-26-20-46-23(5)35-26/h6-12,16,20-22,27,29,31,40-41H,13-15,17-19H2,1-5H3,(H,36,42)/t27-,29+,31-/m0/s1. The number of hydrogen-bond donors (Lipinski definition) is 3. The first-order chi connectivity index (χ1) is 22.2. The van der Waals surface area contributed by atoms with Crippen molar-refractivity contribution in [1.82, 2.24) is 24.4 Å². The van der Waals surface area contributed by atoms with Crippen LogP contribution < -0.4 is 5.32 Å². The summed E-state index contributed by atoms with van der Waals surface area (Å²) in [6.45, 7) is 10.3. The average Bonchev–Trinajstić information content (AvgIpc) is 3.58. The summed E-state index contributed by atoms with van der Waals surface area (Å²) in [6, 6.07) is 11.5. The van der Waals surface area contributed by atoms with Gasteiger partial charge < -0.3 is 25.3 Å². The maximum atomic E-state index is 14.0. The van der Waals surface area contributed by atoms with Crippen LogP contribution in [0.2, 0.25) is 0 Å². The molecule has 11 nitrogen and oxygen atoms in total. The average molecular weight is 751 g/mol. The molecule has 0 bridgehead atoms. The number of sulfonamides is 1. The molecule has 3 amide bonds. The Balaban J connectivity index is 1.59. The maximum Gasteiger partial charge on any atom is 0.321 e. The number of nitrogens with one attached hydrogen (secondary N) is 1. The zero-order valence-electron chi connectivity index (χ0n) is 27.3. The summed E-state index contributed by atoms with van der Waals surface area (Å²) in [6.07, 6.45) is -1.10. The number of aromatic nitrogens is 1. The molecule has 2 aromatic carbocycles. The minimum atomic E-state index is -4.24. The number of phenols is 1. The Labute approximate surface area is 289 Å². The van der Waals surface area contributed by atoms with Crippen molar-refractivity contribution in [3.8, 4) is 5.75 Å². The first kappa shape index (κ1) is 36.8. The van der Waals surface area contributed by atoms with Gasteiger partial charge in [-0.05, 0) is 48.9 Å². The van der Waals surface area contributed by atoms with E-state index < -0.39 is 39.9 Å². The van der Waals surface area contributed by atoms with Crippen LogP contribution >= 0.6 is 27.3 Å². The first-order valence-electron chi connectivity index (χ1n) is 15.6. The lowest BCUT2D eigenvalue weighted by Crippen LogP contribution is -2.57. The summed E-state index contributed by atoms with van der Waals surface area (Å²) in [5.74, 6) is -1.18. The van der Waals surface area contributed by atoms with Gasteiger partial charge in [0.25, 0.3) is 0 Å². The van der Waals surface area contributed by atoms with Crippen molar-refractivity contribution >= 4 is 49.2 Å². The highest BCUT2D eigenvalue weighted by Gasteiger charge is 2.41. The first-order valence-corrected chi connectivity index (χ1v) is 18.8. The van der Waals surface area contributed by atoms with Crippen LogP contribution in [-0.4, -0.2) is 94.0 Å². The highest BCUT2D eigenvalue weighted by Crippen LogP contribution is 2.30. The number of amides is 3. The lowest BCUT2D eigenvalue weighted by atomic mass is 9.97. The van der Waals surface area contributed by atoms with Gasteiger partial charge in [0.15, 0.2) is 0 Å². The molecule has 0 spiro atoms. The summed E-state index contributed by atoms with van der Waals surface area (Å²) in [7, 11) is -4.24. The van der Waals surface area contributed by atoms with E-state index in [9.17, 15) is 28.2 Å². The molecule has 2 heterocycles. The Bertz CT molecular complexity index is 1640. The van der Waals surface area contributed by atoms with Gasteiger partial charge in [-0.1, -0.05) is 74.0 Å². The van der Waals surface area contributed by atoms with Crippen LogP contribution in [0.3, 0.4) is 0 Å². The summed E-state index contributed by atoms with van der Waals surface area (Å²) in [4.78, 5) is 35.0. The molecule has 3 atom stereocenters. The van der Waals surface area contributed by atoms with E-state index in [4.69, 9.17) is 0 Å².